The van der Waals surface area contributed by atoms with Gasteiger partial charge in [-0.15, -0.1) is 0 Å². The average molecular weight is 341 g/mol. The first-order valence-corrected chi connectivity index (χ1v) is 7.45. The second-order valence-corrected chi connectivity index (χ2v) is 6.17. The number of alkyl halides is 3. The van der Waals surface area contributed by atoms with E-state index in [2.05, 4.69) is 0 Å². The van der Waals surface area contributed by atoms with Crippen molar-refractivity contribution in [3.05, 3.63) is 39.9 Å². The van der Waals surface area contributed by atoms with E-state index in [4.69, 9.17) is 0 Å². The highest BCUT2D eigenvalue weighted by atomic mass is 19.4. The number of aromatic nitrogens is 1. The molecule has 2 aliphatic carbocycles. The molecule has 2 saturated carbocycles. The van der Waals surface area contributed by atoms with Crippen molar-refractivity contribution >= 4 is 17.3 Å². The number of Topliss-reactive ketones (excluding diaryl/α,β-unsaturated/α-hetero) is 2. The first-order valence-electron chi connectivity index (χ1n) is 7.45. The van der Waals surface area contributed by atoms with Crippen molar-refractivity contribution in [1.82, 2.24) is 0 Å². The van der Waals surface area contributed by atoms with E-state index in [1.165, 1.54) is 0 Å². The zero-order chi connectivity index (χ0) is 17.8. The molecule has 24 heavy (non-hydrogen) atoms. The van der Waals surface area contributed by atoms with Gasteiger partial charge in [-0.3, -0.25) is 9.59 Å². The second-order valence-electron chi connectivity index (χ2n) is 6.17. The summed E-state index contributed by atoms with van der Waals surface area (Å²) in [5, 5.41) is 22.2. The second kappa shape index (κ2) is 5.32. The Morgan fingerprint density at radius 3 is 2.25 bits per heavy atom. The minimum Gasteiger partial charge on any atom is -0.618 e. The number of halogens is 3. The Bertz CT molecular complexity index is 758. The lowest BCUT2D eigenvalue weighted by atomic mass is 9.81. The maximum atomic E-state index is 12.7. The Kier molecular flexibility index (Phi) is 3.65. The summed E-state index contributed by atoms with van der Waals surface area (Å²) in [6.45, 7) is 1.10. The van der Waals surface area contributed by atoms with Crippen LogP contribution < -0.4 is 4.73 Å². The number of carbonyl (C=O) groups excluding carboxylic acids is 2. The van der Waals surface area contributed by atoms with Crippen molar-refractivity contribution in [2.75, 3.05) is 0 Å². The molecule has 1 N–H and O–H groups in total. The molecular formula is C16H14F3NO4. The maximum absolute atomic E-state index is 12.7. The fourth-order valence-electron chi connectivity index (χ4n) is 3.46. The lowest BCUT2D eigenvalue weighted by molar-refractivity contribution is -0.635. The van der Waals surface area contributed by atoms with Crippen LogP contribution in [0.25, 0.3) is 5.76 Å². The smallest absolute Gasteiger partial charge is 0.478 e. The van der Waals surface area contributed by atoms with Crippen molar-refractivity contribution in [3.63, 3.8) is 0 Å². The van der Waals surface area contributed by atoms with Gasteiger partial charge in [0.15, 0.2) is 11.6 Å². The highest BCUT2D eigenvalue weighted by Gasteiger charge is 2.46. The summed E-state index contributed by atoms with van der Waals surface area (Å²) in [7, 11) is 0. The lowest BCUT2D eigenvalue weighted by Crippen LogP contribution is -2.40. The Morgan fingerprint density at radius 1 is 1.21 bits per heavy atom. The van der Waals surface area contributed by atoms with Gasteiger partial charge in [-0.25, -0.2) is 0 Å². The molecule has 1 aromatic heterocycles. The fourth-order valence-corrected chi connectivity index (χ4v) is 3.46. The number of fused-ring (bicyclic) bond motifs is 2. The Labute approximate surface area is 135 Å². The minimum absolute atomic E-state index is 0.240. The molecule has 8 heteroatoms. The highest BCUT2D eigenvalue weighted by molar-refractivity contribution is 6.27. The number of ketones is 2. The van der Waals surface area contributed by atoms with Gasteiger partial charge in [-0.1, -0.05) is 0 Å². The quantitative estimate of drug-likeness (QED) is 0.280. The summed E-state index contributed by atoms with van der Waals surface area (Å²) in [6.07, 6.45) is -3.29. The molecule has 2 aliphatic rings. The van der Waals surface area contributed by atoms with Gasteiger partial charge < -0.3 is 10.3 Å². The van der Waals surface area contributed by atoms with Crippen LogP contribution in [-0.4, -0.2) is 16.7 Å². The summed E-state index contributed by atoms with van der Waals surface area (Å²) in [4.78, 5) is 24.7. The number of pyridine rings is 1. The molecule has 5 nitrogen and oxygen atoms in total. The summed E-state index contributed by atoms with van der Waals surface area (Å²) in [6, 6.07) is 1.43. The normalized spacial score (nSPS) is 23.8. The molecule has 0 aliphatic heterocycles. The van der Waals surface area contributed by atoms with Crippen LogP contribution in [0.5, 0.6) is 0 Å². The number of aliphatic hydroxyl groups excluding tert-OH is 1. The predicted molar refractivity (Wildman–Crippen MR) is 75.5 cm³/mol. The molecule has 3 rings (SSSR count). The van der Waals surface area contributed by atoms with Crippen molar-refractivity contribution in [2.24, 2.45) is 11.8 Å². The van der Waals surface area contributed by atoms with Crippen LogP contribution in [0.15, 0.2) is 17.7 Å². The first-order chi connectivity index (χ1) is 11.1. The first kappa shape index (κ1) is 16.5. The molecule has 2 unspecified atom stereocenters. The van der Waals surface area contributed by atoms with E-state index in [1.54, 1.807) is 0 Å². The van der Waals surface area contributed by atoms with E-state index >= 15 is 0 Å². The highest BCUT2D eigenvalue weighted by Crippen LogP contribution is 2.42. The monoisotopic (exact) mass is 341 g/mol. The molecule has 0 saturated heterocycles. The summed E-state index contributed by atoms with van der Waals surface area (Å²) < 4.78 is 37.9. The number of allylic oxidation sites excluding steroid dienone is 1. The Morgan fingerprint density at radius 2 is 1.75 bits per heavy atom. The Hall–Kier alpha value is -2.38. The number of carbonyl (C=O) groups is 2. The topological polar surface area (TPSA) is 81.3 Å². The summed E-state index contributed by atoms with van der Waals surface area (Å²) >= 11 is 0. The van der Waals surface area contributed by atoms with Crippen molar-refractivity contribution in [1.29, 1.82) is 0 Å². The van der Waals surface area contributed by atoms with Crippen LogP contribution in [0, 0.1) is 24.0 Å². The number of hydrogen-bond acceptors (Lipinski definition) is 4. The SMILES string of the molecule is Cc1c(C(O)=C2C(=O)C3CCC(C3)C2=O)ccc(C(F)(F)F)[n+]1[O-]. The molecule has 0 spiro atoms. The Balaban J connectivity index is 2.14. The third kappa shape index (κ3) is 2.37. The van der Waals surface area contributed by atoms with Gasteiger partial charge in [0.25, 0.3) is 5.69 Å². The van der Waals surface area contributed by atoms with E-state index in [1.807, 2.05) is 0 Å². The lowest BCUT2D eigenvalue weighted by Gasteiger charge is -2.21. The maximum Gasteiger partial charge on any atom is 0.478 e. The van der Waals surface area contributed by atoms with E-state index in [0.717, 1.165) is 13.0 Å². The summed E-state index contributed by atoms with van der Waals surface area (Å²) in [5.41, 5.74) is -2.48. The molecule has 0 radical (unpaired) electrons. The molecule has 0 amide bonds. The van der Waals surface area contributed by atoms with Crippen molar-refractivity contribution in [2.45, 2.75) is 32.4 Å². The molecule has 1 heterocycles. The van der Waals surface area contributed by atoms with Crippen LogP contribution in [0.2, 0.25) is 0 Å². The third-order valence-corrected chi connectivity index (χ3v) is 4.77. The van der Waals surface area contributed by atoms with Gasteiger partial charge in [-0.05, 0) is 25.3 Å². The fraction of sp³-hybridized carbons (Fsp3) is 0.438. The van der Waals surface area contributed by atoms with Crippen LogP contribution in [0.1, 0.15) is 36.2 Å². The van der Waals surface area contributed by atoms with Crippen LogP contribution >= 0.6 is 0 Å². The van der Waals surface area contributed by atoms with Crippen molar-refractivity contribution in [3.8, 4) is 0 Å². The summed E-state index contributed by atoms with van der Waals surface area (Å²) in [5.74, 6) is -2.40. The van der Waals surface area contributed by atoms with Gasteiger partial charge in [0.2, 0.25) is 5.69 Å². The minimum atomic E-state index is -4.84. The van der Waals surface area contributed by atoms with Gasteiger partial charge in [0.1, 0.15) is 11.3 Å². The number of aliphatic hydroxyl groups is 1. The molecule has 1 aromatic rings. The largest absolute Gasteiger partial charge is 0.618 e. The molecule has 2 fully saturated rings. The predicted octanol–water partition coefficient (Wildman–Crippen LogP) is 2.48. The number of hydrogen-bond donors (Lipinski definition) is 1. The third-order valence-electron chi connectivity index (χ3n) is 4.77. The molecular weight excluding hydrogens is 327 g/mol. The van der Waals surface area contributed by atoms with Crippen LogP contribution in [-0.2, 0) is 15.8 Å². The van der Waals surface area contributed by atoms with E-state index < -0.39 is 40.5 Å². The van der Waals surface area contributed by atoms with Gasteiger partial charge in [-0.2, -0.15) is 17.9 Å². The molecule has 2 bridgehead atoms. The van der Waals surface area contributed by atoms with E-state index in [0.29, 0.717) is 25.3 Å². The van der Waals surface area contributed by atoms with Crippen molar-refractivity contribution < 1.29 is 32.6 Å². The average Bonchev–Trinajstić information content (AvgIpc) is 2.94. The number of rotatable bonds is 1. The van der Waals surface area contributed by atoms with Gasteiger partial charge >= 0.3 is 6.18 Å². The molecule has 0 aromatic carbocycles. The van der Waals surface area contributed by atoms with E-state index in [-0.39, 0.29) is 22.1 Å². The van der Waals surface area contributed by atoms with Crippen LogP contribution in [0.3, 0.4) is 0 Å². The molecule has 2 atom stereocenters. The zero-order valence-corrected chi connectivity index (χ0v) is 12.7. The number of nitrogens with zero attached hydrogens (tertiary/aromatic N) is 1. The van der Waals surface area contributed by atoms with Gasteiger partial charge in [0.05, 0.1) is 5.56 Å². The standard InChI is InChI=1S/C16H14F3NO4/c1-7-10(4-5-11(20(7)24)16(17,18)19)15(23)12-13(21)8-2-3-9(6-8)14(12)22/h4-5,8-9,23H,2-3,6H2,1H3. The van der Waals surface area contributed by atoms with Crippen LogP contribution in [0.4, 0.5) is 13.2 Å². The zero-order valence-electron chi connectivity index (χ0n) is 12.7. The van der Waals surface area contributed by atoms with E-state index in [9.17, 15) is 33.1 Å². The van der Waals surface area contributed by atoms with Gasteiger partial charge in [0, 0.05) is 24.8 Å². The molecule has 128 valence electrons.